The van der Waals surface area contributed by atoms with Crippen LogP contribution in [0.4, 0.5) is 15.8 Å². The third-order valence-electron chi connectivity index (χ3n) is 4.57. The van der Waals surface area contributed by atoms with Gasteiger partial charge in [-0.3, -0.25) is 14.4 Å². The molecule has 3 amide bonds. The van der Waals surface area contributed by atoms with Crippen LogP contribution in [-0.4, -0.2) is 24.3 Å². The molecule has 7 heteroatoms. The number of carbonyl (C=O) groups is 3. The molecule has 0 aliphatic heterocycles. The Kier molecular flexibility index (Phi) is 7.11. The largest absolute Gasteiger partial charge is 0.351 e. The summed E-state index contributed by atoms with van der Waals surface area (Å²) in [5, 5.41) is 8.05. The van der Waals surface area contributed by atoms with Crippen LogP contribution in [0.25, 0.3) is 0 Å². The van der Waals surface area contributed by atoms with Crippen molar-refractivity contribution in [2.75, 3.05) is 17.2 Å². The zero-order chi connectivity index (χ0) is 22.2. The lowest BCUT2D eigenvalue weighted by molar-refractivity contribution is -0.116. The van der Waals surface area contributed by atoms with Gasteiger partial charge in [-0.05, 0) is 42.8 Å². The number of para-hydroxylation sites is 2. The molecule has 0 heterocycles. The lowest BCUT2D eigenvalue weighted by Gasteiger charge is -2.14. The number of rotatable bonds is 7. The van der Waals surface area contributed by atoms with Crippen molar-refractivity contribution < 1.29 is 18.8 Å². The molecule has 0 saturated carbocycles. The average molecular weight is 419 g/mol. The number of aryl methyl sites for hydroxylation is 1. The van der Waals surface area contributed by atoms with Gasteiger partial charge in [-0.15, -0.1) is 0 Å². The summed E-state index contributed by atoms with van der Waals surface area (Å²) in [6, 6.07) is 19.6. The molecule has 158 valence electrons. The van der Waals surface area contributed by atoms with E-state index in [0.29, 0.717) is 16.9 Å². The second-order valence-corrected chi connectivity index (χ2v) is 6.85. The molecule has 0 aromatic heterocycles. The Morgan fingerprint density at radius 3 is 2.19 bits per heavy atom. The summed E-state index contributed by atoms with van der Waals surface area (Å²) in [6.45, 7) is 1.85. The number of anilines is 2. The number of benzene rings is 3. The van der Waals surface area contributed by atoms with Gasteiger partial charge in [-0.2, -0.15) is 0 Å². The third-order valence-corrected chi connectivity index (χ3v) is 4.57. The summed E-state index contributed by atoms with van der Waals surface area (Å²) >= 11 is 0. The predicted octanol–water partition coefficient (Wildman–Crippen LogP) is 4.15. The Bertz CT molecular complexity index is 1100. The minimum atomic E-state index is -0.649. The third kappa shape index (κ3) is 5.76. The Morgan fingerprint density at radius 2 is 1.45 bits per heavy atom. The Hall–Kier alpha value is -4.00. The zero-order valence-corrected chi connectivity index (χ0v) is 16.9. The lowest BCUT2D eigenvalue weighted by Crippen LogP contribution is -2.29. The Balaban J connectivity index is 1.63. The molecular formula is C24H22FN3O3. The van der Waals surface area contributed by atoms with Crippen LogP contribution in [0.3, 0.4) is 0 Å². The second kappa shape index (κ2) is 10.2. The van der Waals surface area contributed by atoms with Crippen molar-refractivity contribution in [2.24, 2.45) is 0 Å². The van der Waals surface area contributed by atoms with Gasteiger partial charge in [0.1, 0.15) is 5.82 Å². The van der Waals surface area contributed by atoms with Crippen LogP contribution < -0.4 is 16.0 Å². The van der Waals surface area contributed by atoms with Crippen LogP contribution >= 0.6 is 0 Å². The molecule has 0 unspecified atom stereocenters. The van der Waals surface area contributed by atoms with Crippen LogP contribution in [0, 0.1) is 12.7 Å². The van der Waals surface area contributed by atoms with E-state index < -0.39 is 17.6 Å². The topological polar surface area (TPSA) is 87.3 Å². The fourth-order valence-electron chi connectivity index (χ4n) is 2.98. The summed E-state index contributed by atoms with van der Waals surface area (Å²) in [7, 11) is 0. The first kappa shape index (κ1) is 21.7. The molecule has 3 N–H and O–H groups in total. The van der Waals surface area contributed by atoms with Gasteiger partial charge >= 0.3 is 0 Å². The number of carbonyl (C=O) groups excluding carboxylic acids is 3. The SMILES string of the molecule is Cc1cccc(C(=O)NCCC(=O)Nc2ccccc2)c1NC(=O)c1ccccc1F. The monoisotopic (exact) mass is 419 g/mol. The minimum absolute atomic E-state index is 0.0867. The van der Waals surface area contributed by atoms with Crippen LogP contribution in [0.1, 0.15) is 32.7 Å². The number of hydrogen-bond acceptors (Lipinski definition) is 3. The second-order valence-electron chi connectivity index (χ2n) is 6.85. The normalized spacial score (nSPS) is 10.3. The van der Waals surface area contributed by atoms with Crippen molar-refractivity contribution in [3.8, 4) is 0 Å². The van der Waals surface area contributed by atoms with Crippen LogP contribution in [-0.2, 0) is 4.79 Å². The molecule has 0 saturated heterocycles. The van der Waals surface area contributed by atoms with Gasteiger partial charge in [-0.1, -0.05) is 42.5 Å². The van der Waals surface area contributed by atoms with Crippen molar-refractivity contribution in [3.63, 3.8) is 0 Å². The number of halogens is 1. The quantitative estimate of drug-likeness (QED) is 0.538. The average Bonchev–Trinajstić information content (AvgIpc) is 2.76. The van der Waals surface area contributed by atoms with Gasteiger partial charge in [-0.25, -0.2) is 4.39 Å². The molecule has 0 aliphatic carbocycles. The molecule has 0 spiro atoms. The van der Waals surface area contributed by atoms with Gasteiger partial charge in [0, 0.05) is 18.7 Å². The van der Waals surface area contributed by atoms with E-state index in [4.69, 9.17) is 0 Å². The highest BCUT2D eigenvalue weighted by Gasteiger charge is 2.18. The van der Waals surface area contributed by atoms with E-state index >= 15 is 0 Å². The lowest BCUT2D eigenvalue weighted by atomic mass is 10.1. The van der Waals surface area contributed by atoms with Crippen molar-refractivity contribution >= 4 is 29.1 Å². The first-order valence-corrected chi connectivity index (χ1v) is 9.74. The molecule has 0 aliphatic rings. The van der Waals surface area contributed by atoms with Crippen LogP contribution in [0.5, 0.6) is 0 Å². The molecule has 3 rings (SSSR count). The standard InChI is InChI=1S/C24H22FN3O3/c1-16-8-7-12-19(22(16)28-24(31)18-11-5-6-13-20(18)25)23(30)26-15-14-21(29)27-17-9-3-2-4-10-17/h2-13H,14-15H2,1H3,(H,26,30)(H,27,29)(H,28,31). The molecular weight excluding hydrogens is 397 g/mol. The van der Waals surface area contributed by atoms with E-state index in [1.807, 2.05) is 18.2 Å². The van der Waals surface area contributed by atoms with Crippen molar-refractivity contribution in [1.29, 1.82) is 0 Å². The van der Waals surface area contributed by atoms with Crippen molar-refractivity contribution in [2.45, 2.75) is 13.3 Å². The first-order chi connectivity index (χ1) is 15.0. The maximum absolute atomic E-state index is 13.9. The zero-order valence-electron chi connectivity index (χ0n) is 16.9. The van der Waals surface area contributed by atoms with Gasteiger partial charge in [0.25, 0.3) is 11.8 Å². The van der Waals surface area contributed by atoms with Gasteiger partial charge < -0.3 is 16.0 Å². The molecule has 0 atom stereocenters. The van der Waals surface area contributed by atoms with E-state index in [1.165, 1.54) is 18.2 Å². The highest BCUT2D eigenvalue weighted by atomic mass is 19.1. The summed E-state index contributed by atoms with van der Waals surface area (Å²) < 4.78 is 13.9. The molecule has 3 aromatic rings. The van der Waals surface area contributed by atoms with Crippen LogP contribution in [0.15, 0.2) is 72.8 Å². The van der Waals surface area contributed by atoms with E-state index in [2.05, 4.69) is 16.0 Å². The summed E-state index contributed by atoms with van der Waals surface area (Å²) in [5.41, 5.74) is 1.74. The van der Waals surface area contributed by atoms with E-state index in [-0.39, 0.29) is 30.0 Å². The molecule has 3 aromatic carbocycles. The van der Waals surface area contributed by atoms with Crippen molar-refractivity contribution in [1.82, 2.24) is 5.32 Å². The smallest absolute Gasteiger partial charge is 0.258 e. The summed E-state index contributed by atoms with van der Waals surface area (Å²) in [6.07, 6.45) is 0.0867. The Morgan fingerprint density at radius 1 is 0.774 bits per heavy atom. The highest BCUT2D eigenvalue weighted by molar-refractivity contribution is 6.09. The predicted molar refractivity (Wildman–Crippen MR) is 118 cm³/mol. The van der Waals surface area contributed by atoms with Gasteiger partial charge in [0.15, 0.2) is 0 Å². The maximum atomic E-state index is 13.9. The van der Waals surface area contributed by atoms with Crippen LogP contribution in [0.2, 0.25) is 0 Å². The molecule has 6 nitrogen and oxygen atoms in total. The number of hydrogen-bond donors (Lipinski definition) is 3. The van der Waals surface area contributed by atoms with Crippen molar-refractivity contribution in [3.05, 3.63) is 95.3 Å². The molecule has 0 bridgehead atoms. The molecule has 0 radical (unpaired) electrons. The minimum Gasteiger partial charge on any atom is -0.351 e. The van der Waals surface area contributed by atoms with E-state index in [9.17, 15) is 18.8 Å². The molecule has 31 heavy (non-hydrogen) atoms. The van der Waals surface area contributed by atoms with E-state index in [1.54, 1.807) is 43.3 Å². The first-order valence-electron chi connectivity index (χ1n) is 9.74. The Labute approximate surface area is 179 Å². The fourth-order valence-corrected chi connectivity index (χ4v) is 2.98. The number of amides is 3. The van der Waals surface area contributed by atoms with Gasteiger partial charge in [0.2, 0.25) is 5.91 Å². The molecule has 0 fully saturated rings. The highest BCUT2D eigenvalue weighted by Crippen LogP contribution is 2.22. The number of nitrogens with one attached hydrogen (secondary N) is 3. The van der Waals surface area contributed by atoms with E-state index in [0.717, 1.165) is 0 Å². The fraction of sp³-hybridized carbons (Fsp3) is 0.125. The maximum Gasteiger partial charge on any atom is 0.258 e. The van der Waals surface area contributed by atoms with Gasteiger partial charge in [0.05, 0.1) is 16.8 Å². The summed E-state index contributed by atoms with van der Waals surface area (Å²) in [4.78, 5) is 37.2. The summed E-state index contributed by atoms with van der Waals surface area (Å²) in [5.74, 6) is -1.98.